The van der Waals surface area contributed by atoms with Gasteiger partial charge in [-0.25, -0.2) is 0 Å². The summed E-state index contributed by atoms with van der Waals surface area (Å²) in [5.74, 6) is 0.636. The number of hydrogen-bond acceptors (Lipinski definition) is 3. The first-order valence-corrected chi connectivity index (χ1v) is 6.06. The van der Waals surface area contributed by atoms with Crippen molar-refractivity contribution in [3.05, 3.63) is 0 Å². The van der Waals surface area contributed by atoms with Crippen molar-refractivity contribution < 1.29 is 14.3 Å². The lowest BCUT2D eigenvalue weighted by Crippen LogP contribution is -2.49. The molecule has 0 unspecified atom stereocenters. The fourth-order valence-corrected chi connectivity index (χ4v) is 2.71. The number of Topliss-reactive ketones (excluding diaryl/α,β-unsaturated/α-hetero) is 1. The number of morpholine rings is 1. The van der Waals surface area contributed by atoms with Crippen molar-refractivity contribution in [2.45, 2.75) is 38.6 Å². The second-order valence-electron chi connectivity index (χ2n) is 4.76. The Morgan fingerprint density at radius 3 is 2.56 bits per heavy atom. The zero-order chi connectivity index (χ0) is 11.5. The number of ether oxygens (including phenoxy) is 1. The second kappa shape index (κ2) is 4.95. The molecule has 2 rings (SSSR count). The van der Waals surface area contributed by atoms with Crippen LogP contribution in [-0.2, 0) is 14.3 Å². The quantitative estimate of drug-likeness (QED) is 0.704. The van der Waals surface area contributed by atoms with Gasteiger partial charge in [0.2, 0.25) is 5.91 Å². The Balaban J connectivity index is 1.88. The van der Waals surface area contributed by atoms with Crippen molar-refractivity contribution in [1.29, 1.82) is 0 Å². The molecule has 1 saturated carbocycles. The number of hydrogen-bond donors (Lipinski definition) is 0. The van der Waals surface area contributed by atoms with Gasteiger partial charge in [-0.1, -0.05) is 0 Å². The summed E-state index contributed by atoms with van der Waals surface area (Å²) in [4.78, 5) is 24.8. The average molecular weight is 225 g/mol. The van der Waals surface area contributed by atoms with Gasteiger partial charge in [0.1, 0.15) is 12.4 Å². The van der Waals surface area contributed by atoms with Gasteiger partial charge in [-0.2, -0.15) is 0 Å². The molecule has 0 bridgehead atoms. The molecule has 1 heterocycles. The van der Waals surface area contributed by atoms with Crippen LogP contribution in [0.3, 0.4) is 0 Å². The molecule has 0 N–H and O–H groups in total. The van der Waals surface area contributed by atoms with Gasteiger partial charge in [-0.05, 0) is 32.6 Å². The summed E-state index contributed by atoms with van der Waals surface area (Å²) >= 11 is 0. The topological polar surface area (TPSA) is 46.6 Å². The molecule has 4 heteroatoms. The molecule has 1 aliphatic heterocycles. The van der Waals surface area contributed by atoms with E-state index in [9.17, 15) is 9.59 Å². The third-order valence-corrected chi connectivity index (χ3v) is 3.73. The van der Waals surface area contributed by atoms with E-state index in [1.807, 2.05) is 4.90 Å². The summed E-state index contributed by atoms with van der Waals surface area (Å²) in [5, 5.41) is 0. The maximum absolute atomic E-state index is 11.6. The molecule has 1 saturated heterocycles. The fourth-order valence-electron chi connectivity index (χ4n) is 2.71. The minimum Gasteiger partial charge on any atom is -0.370 e. The minimum absolute atomic E-state index is 0.109. The van der Waals surface area contributed by atoms with Crippen LogP contribution < -0.4 is 0 Å². The number of nitrogens with zero attached hydrogens (tertiary/aromatic N) is 1. The highest BCUT2D eigenvalue weighted by Crippen LogP contribution is 2.28. The molecular weight excluding hydrogens is 206 g/mol. The Labute approximate surface area is 95.9 Å². The minimum atomic E-state index is 0.109. The van der Waals surface area contributed by atoms with Crippen LogP contribution in [0.25, 0.3) is 0 Å². The fraction of sp³-hybridized carbons (Fsp3) is 0.833. The molecule has 0 spiro atoms. The normalized spacial score (nSPS) is 31.6. The highest BCUT2D eigenvalue weighted by Gasteiger charge is 2.31. The van der Waals surface area contributed by atoms with Crippen LogP contribution in [0.4, 0.5) is 0 Å². The largest absolute Gasteiger partial charge is 0.370 e. The van der Waals surface area contributed by atoms with Crippen molar-refractivity contribution in [2.24, 2.45) is 5.92 Å². The molecule has 90 valence electrons. The van der Waals surface area contributed by atoms with Crippen LogP contribution in [0.15, 0.2) is 0 Å². The number of carbonyl (C=O) groups is 2. The second-order valence-corrected chi connectivity index (χ2v) is 4.76. The molecule has 1 amide bonds. The first kappa shape index (κ1) is 11.6. The predicted molar refractivity (Wildman–Crippen MR) is 59.0 cm³/mol. The van der Waals surface area contributed by atoms with E-state index >= 15 is 0 Å². The zero-order valence-electron chi connectivity index (χ0n) is 9.78. The predicted octanol–water partition coefficient (Wildman–Crippen LogP) is 0.993. The van der Waals surface area contributed by atoms with Crippen LogP contribution in [0.5, 0.6) is 0 Å². The summed E-state index contributed by atoms with van der Waals surface area (Å²) in [6.07, 6.45) is 3.81. The highest BCUT2D eigenvalue weighted by atomic mass is 16.5. The molecule has 4 nitrogen and oxygen atoms in total. The summed E-state index contributed by atoms with van der Waals surface area (Å²) in [6.45, 7) is 3.27. The van der Waals surface area contributed by atoms with Gasteiger partial charge in [-0.3, -0.25) is 9.59 Å². The first-order valence-electron chi connectivity index (χ1n) is 6.06. The Hall–Kier alpha value is -0.900. The van der Waals surface area contributed by atoms with E-state index in [4.69, 9.17) is 4.74 Å². The number of rotatable bonds is 2. The van der Waals surface area contributed by atoms with Gasteiger partial charge in [0.15, 0.2) is 0 Å². The van der Waals surface area contributed by atoms with Gasteiger partial charge in [0.05, 0.1) is 6.61 Å². The van der Waals surface area contributed by atoms with Crippen molar-refractivity contribution in [3.8, 4) is 0 Å². The third kappa shape index (κ3) is 2.43. The van der Waals surface area contributed by atoms with Crippen LogP contribution in [0.1, 0.15) is 32.6 Å². The average Bonchev–Trinajstić information content (AvgIpc) is 2.30. The number of amides is 1. The molecule has 2 fully saturated rings. The summed E-state index contributed by atoms with van der Waals surface area (Å²) in [7, 11) is 0. The SMILES string of the molecule is CC(=O)C1CCC(N2CCOCC2=O)CC1. The van der Waals surface area contributed by atoms with Gasteiger partial charge < -0.3 is 9.64 Å². The molecule has 2 aliphatic rings. The van der Waals surface area contributed by atoms with Crippen molar-refractivity contribution >= 4 is 11.7 Å². The molecule has 0 aromatic rings. The van der Waals surface area contributed by atoms with E-state index < -0.39 is 0 Å². The smallest absolute Gasteiger partial charge is 0.248 e. The molecular formula is C12H19NO3. The van der Waals surface area contributed by atoms with E-state index in [1.54, 1.807) is 6.92 Å². The number of carbonyl (C=O) groups excluding carboxylic acids is 2. The maximum Gasteiger partial charge on any atom is 0.248 e. The lowest BCUT2D eigenvalue weighted by atomic mass is 9.83. The van der Waals surface area contributed by atoms with Gasteiger partial charge in [0.25, 0.3) is 0 Å². The lowest BCUT2D eigenvalue weighted by Gasteiger charge is -2.38. The molecule has 0 aromatic carbocycles. The van der Waals surface area contributed by atoms with Crippen LogP contribution in [0.2, 0.25) is 0 Å². The van der Waals surface area contributed by atoms with Gasteiger partial charge >= 0.3 is 0 Å². The molecule has 16 heavy (non-hydrogen) atoms. The van der Waals surface area contributed by atoms with Crippen LogP contribution in [0, 0.1) is 5.92 Å². The van der Waals surface area contributed by atoms with Gasteiger partial charge in [-0.15, -0.1) is 0 Å². The van der Waals surface area contributed by atoms with E-state index in [-0.39, 0.29) is 18.4 Å². The van der Waals surface area contributed by atoms with E-state index in [0.29, 0.717) is 25.0 Å². The monoisotopic (exact) mass is 225 g/mol. The van der Waals surface area contributed by atoms with Crippen molar-refractivity contribution in [2.75, 3.05) is 19.8 Å². The number of ketones is 1. The molecule has 0 aromatic heterocycles. The summed E-state index contributed by atoms with van der Waals surface area (Å²) < 4.78 is 5.12. The Kier molecular flexibility index (Phi) is 3.59. The van der Waals surface area contributed by atoms with E-state index in [0.717, 1.165) is 25.7 Å². The first-order chi connectivity index (χ1) is 7.68. The third-order valence-electron chi connectivity index (χ3n) is 3.73. The highest BCUT2D eigenvalue weighted by molar-refractivity contribution is 5.79. The molecule has 0 radical (unpaired) electrons. The van der Waals surface area contributed by atoms with Crippen LogP contribution in [-0.4, -0.2) is 42.4 Å². The molecule has 0 atom stereocenters. The van der Waals surface area contributed by atoms with Crippen molar-refractivity contribution in [3.63, 3.8) is 0 Å². The van der Waals surface area contributed by atoms with Crippen molar-refractivity contribution in [1.82, 2.24) is 4.90 Å². The zero-order valence-corrected chi connectivity index (χ0v) is 9.78. The summed E-state index contributed by atoms with van der Waals surface area (Å²) in [6, 6.07) is 0.340. The lowest BCUT2D eigenvalue weighted by molar-refractivity contribution is -0.146. The van der Waals surface area contributed by atoms with E-state index in [1.165, 1.54) is 0 Å². The Bertz CT molecular complexity index is 282. The Morgan fingerprint density at radius 2 is 2.00 bits per heavy atom. The summed E-state index contributed by atoms with van der Waals surface area (Å²) in [5.41, 5.74) is 0. The molecule has 1 aliphatic carbocycles. The standard InChI is InChI=1S/C12H19NO3/c1-9(14)10-2-4-11(5-3-10)13-6-7-16-8-12(13)15/h10-11H,2-8H2,1H3. The Morgan fingerprint density at radius 1 is 1.31 bits per heavy atom. The van der Waals surface area contributed by atoms with E-state index in [2.05, 4.69) is 0 Å². The maximum atomic E-state index is 11.6. The van der Waals surface area contributed by atoms with Crippen LogP contribution >= 0.6 is 0 Å². The van der Waals surface area contributed by atoms with Gasteiger partial charge in [0, 0.05) is 18.5 Å².